The van der Waals surface area contributed by atoms with Crippen molar-refractivity contribution in [2.24, 2.45) is 4.99 Å². The number of methoxy groups -OCH3 is 1. The van der Waals surface area contributed by atoms with Crippen LogP contribution in [-0.4, -0.2) is 33.3 Å². The summed E-state index contributed by atoms with van der Waals surface area (Å²) in [6, 6.07) is 5.64. The van der Waals surface area contributed by atoms with Crippen LogP contribution in [0.4, 0.5) is 5.69 Å². The SMILES string of the molecule is C=CCNC(=NC)Nc1ccc(OCC)c(OC)c1.I. The molecule has 6 heteroatoms. The Hall–Kier alpha value is -1.44. The van der Waals surface area contributed by atoms with Crippen LogP contribution in [0, 0.1) is 0 Å². The molecule has 5 nitrogen and oxygen atoms in total. The van der Waals surface area contributed by atoms with Crippen molar-refractivity contribution >= 4 is 35.6 Å². The van der Waals surface area contributed by atoms with Gasteiger partial charge < -0.3 is 20.1 Å². The Kier molecular flexibility index (Phi) is 9.61. The van der Waals surface area contributed by atoms with Crippen molar-refractivity contribution in [3.8, 4) is 11.5 Å². The molecule has 0 atom stereocenters. The molecule has 1 aromatic rings. The minimum absolute atomic E-state index is 0. The van der Waals surface area contributed by atoms with E-state index in [1.165, 1.54) is 0 Å². The first-order valence-electron chi connectivity index (χ1n) is 6.14. The predicted molar refractivity (Wildman–Crippen MR) is 94.8 cm³/mol. The fraction of sp³-hybridized carbons (Fsp3) is 0.357. The normalized spacial score (nSPS) is 10.2. The van der Waals surface area contributed by atoms with Gasteiger partial charge in [-0.3, -0.25) is 4.99 Å². The second-order valence-corrected chi connectivity index (χ2v) is 3.67. The molecule has 0 spiro atoms. The molecule has 0 fully saturated rings. The maximum absolute atomic E-state index is 5.47. The highest BCUT2D eigenvalue weighted by Gasteiger charge is 2.06. The third-order valence-corrected chi connectivity index (χ3v) is 2.36. The van der Waals surface area contributed by atoms with Gasteiger partial charge in [0, 0.05) is 25.3 Å². The molecule has 0 heterocycles. The van der Waals surface area contributed by atoms with Gasteiger partial charge in [0.05, 0.1) is 13.7 Å². The summed E-state index contributed by atoms with van der Waals surface area (Å²) in [7, 11) is 3.33. The van der Waals surface area contributed by atoms with Gasteiger partial charge in [0.1, 0.15) is 0 Å². The third-order valence-electron chi connectivity index (χ3n) is 2.36. The summed E-state index contributed by atoms with van der Waals surface area (Å²) in [6.45, 7) is 6.84. The lowest BCUT2D eigenvalue weighted by Crippen LogP contribution is -2.30. The van der Waals surface area contributed by atoms with Crippen molar-refractivity contribution in [2.45, 2.75) is 6.92 Å². The van der Waals surface area contributed by atoms with Crippen LogP contribution in [-0.2, 0) is 0 Å². The molecule has 112 valence electrons. The van der Waals surface area contributed by atoms with Gasteiger partial charge in [-0.05, 0) is 19.1 Å². The largest absolute Gasteiger partial charge is 0.493 e. The van der Waals surface area contributed by atoms with Crippen molar-refractivity contribution in [1.82, 2.24) is 5.32 Å². The summed E-state index contributed by atoms with van der Waals surface area (Å²) in [5.74, 6) is 2.08. The minimum atomic E-state index is 0. The molecule has 20 heavy (non-hydrogen) atoms. The Labute approximate surface area is 137 Å². The van der Waals surface area contributed by atoms with E-state index in [0.717, 1.165) is 11.4 Å². The summed E-state index contributed by atoms with van der Waals surface area (Å²) < 4.78 is 10.8. The molecule has 0 saturated heterocycles. The molecule has 1 rings (SSSR count). The molecule has 0 aromatic heterocycles. The number of nitrogens with one attached hydrogen (secondary N) is 2. The molecule has 0 unspecified atom stereocenters. The highest BCUT2D eigenvalue weighted by Crippen LogP contribution is 2.30. The van der Waals surface area contributed by atoms with Crippen molar-refractivity contribution in [3.05, 3.63) is 30.9 Å². The predicted octanol–water partition coefficient (Wildman–Crippen LogP) is 2.89. The van der Waals surface area contributed by atoms with Crippen LogP contribution >= 0.6 is 24.0 Å². The third kappa shape index (κ3) is 5.68. The summed E-state index contributed by atoms with van der Waals surface area (Å²) in [5, 5.41) is 6.26. The molecule has 0 aliphatic rings. The molecule has 1 aromatic carbocycles. The summed E-state index contributed by atoms with van der Waals surface area (Å²) in [5.41, 5.74) is 0.873. The van der Waals surface area contributed by atoms with E-state index in [1.54, 1.807) is 20.2 Å². The van der Waals surface area contributed by atoms with Crippen LogP contribution in [0.15, 0.2) is 35.8 Å². The van der Waals surface area contributed by atoms with Crippen molar-refractivity contribution in [3.63, 3.8) is 0 Å². The minimum Gasteiger partial charge on any atom is -0.493 e. The van der Waals surface area contributed by atoms with E-state index >= 15 is 0 Å². The quantitative estimate of drug-likeness (QED) is 0.339. The lowest BCUT2D eigenvalue weighted by atomic mass is 10.2. The number of nitrogens with zero attached hydrogens (tertiary/aromatic N) is 1. The number of anilines is 1. The average molecular weight is 391 g/mol. The molecule has 0 bridgehead atoms. The van der Waals surface area contributed by atoms with Crippen LogP contribution in [0.1, 0.15) is 6.92 Å². The second-order valence-electron chi connectivity index (χ2n) is 3.67. The molecule has 2 N–H and O–H groups in total. The first-order chi connectivity index (χ1) is 9.24. The van der Waals surface area contributed by atoms with E-state index in [1.807, 2.05) is 25.1 Å². The van der Waals surface area contributed by atoms with Gasteiger partial charge in [-0.15, -0.1) is 30.6 Å². The number of hydrogen-bond acceptors (Lipinski definition) is 3. The topological polar surface area (TPSA) is 54.9 Å². The van der Waals surface area contributed by atoms with E-state index in [-0.39, 0.29) is 24.0 Å². The fourth-order valence-corrected chi connectivity index (χ4v) is 1.50. The number of guanidine groups is 1. The molecule has 0 aliphatic carbocycles. The standard InChI is InChI=1S/C14H21N3O2.HI/c1-5-9-16-14(15-3)17-11-7-8-12(19-6-2)13(10-11)18-4;/h5,7-8,10H,1,6,9H2,2-4H3,(H2,15,16,17);1H. The van der Waals surface area contributed by atoms with Crippen LogP contribution in [0.2, 0.25) is 0 Å². The van der Waals surface area contributed by atoms with Gasteiger partial charge in [-0.1, -0.05) is 6.08 Å². The van der Waals surface area contributed by atoms with Crippen LogP contribution in [0.25, 0.3) is 0 Å². The summed E-state index contributed by atoms with van der Waals surface area (Å²) in [4.78, 5) is 4.11. The van der Waals surface area contributed by atoms with E-state index in [9.17, 15) is 0 Å². The highest BCUT2D eigenvalue weighted by atomic mass is 127. The molecule has 0 saturated carbocycles. The van der Waals surface area contributed by atoms with Crippen molar-refractivity contribution < 1.29 is 9.47 Å². The zero-order chi connectivity index (χ0) is 14.1. The lowest BCUT2D eigenvalue weighted by molar-refractivity contribution is 0.311. The Balaban J connectivity index is 0.00000361. The van der Waals surface area contributed by atoms with Gasteiger partial charge >= 0.3 is 0 Å². The monoisotopic (exact) mass is 391 g/mol. The van der Waals surface area contributed by atoms with E-state index in [2.05, 4.69) is 22.2 Å². The number of rotatable bonds is 6. The van der Waals surface area contributed by atoms with Gasteiger partial charge in [-0.2, -0.15) is 0 Å². The van der Waals surface area contributed by atoms with Crippen molar-refractivity contribution in [1.29, 1.82) is 0 Å². The zero-order valence-electron chi connectivity index (χ0n) is 12.1. The zero-order valence-corrected chi connectivity index (χ0v) is 14.4. The average Bonchev–Trinajstić information content (AvgIpc) is 2.45. The number of benzene rings is 1. The Morgan fingerprint density at radius 2 is 2.15 bits per heavy atom. The Bertz CT molecular complexity index is 450. The molecule has 0 radical (unpaired) electrons. The van der Waals surface area contributed by atoms with Crippen LogP contribution < -0.4 is 20.1 Å². The molecular formula is C14H22IN3O2. The van der Waals surface area contributed by atoms with Crippen LogP contribution in [0.3, 0.4) is 0 Å². The summed E-state index contributed by atoms with van der Waals surface area (Å²) in [6.07, 6.45) is 1.77. The Morgan fingerprint density at radius 3 is 2.70 bits per heavy atom. The lowest BCUT2D eigenvalue weighted by Gasteiger charge is -2.13. The Morgan fingerprint density at radius 1 is 1.40 bits per heavy atom. The van der Waals surface area contributed by atoms with Gasteiger partial charge in [0.2, 0.25) is 0 Å². The van der Waals surface area contributed by atoms with E-state index < -0.39 is 0 Å². The molecule has 0 amide bonds. The molecular weight excluding hydrogens is 369 g/mol. The maximum Gasteiger partial charge on any atom is 0.195 e. The number of ether oxygens (including phenoxy) is 2. The fourth-order valence-electron chi connectivity index (χ4n) is 1.50. The second kappa shape index (κ2) is 10.4. The van der Waals surface area contributed by atoms with Crippen molar-refractivity contribution in [2.75, 3.05) is 32.6 Å². The molecule has 0 aliphatic heterocycles. The number of hydrogen-bond donors (Lipinski definition) is 2. The first-order valence-corrected chi connectivity index (χ1v) is 6.14. The first kappa shape index (κ1) is 18.6. The van der Waals surface area contributed by atoms with Gasteiger partial charge in [-0.25, -0.2) is 0 Å². The van der Waals surface area contributed by atoms with E-state index in [0.29, 0.717) is 24.9 Å². The van der Waals surface area contributed by atoms with Gasteiger partial charge in [0.25, 0.3) is 0 Å². The smallest absolute Gasteiger partial charge is 0.195 e. The van der Waals surface area contributed by atoms with Gasteiger partial charge in [0.15, 0.2) is 17.5 Å². The van der Waals surface area contributed by atoms with Crippen LogP contribution in [0.5, 0.6) is 11.5 Å². The van der Waals surface area contributed by atoms with E-state index in [4.69, 9.17) is 9.47 Å². The maximum atomic E-state index is 5.47. The number of aliphatic imine (C=N–C) groups is 1. The summed E-state index contributed by atoms with van der Waals surface area (Å²) >= 11 is 0. The number of halogens is 1. The highest BCUT2D eigenvalue weighted by molar-refractivity contribution is 14.0.